The Labute approximate surface area is 340 Å². The van der Waals surface area contributed by atoms with E-state index in [0.717, 1.165) is 109 Å². The second-order valence-electron chi connectivity index (χ2n) is 17.5. The Morgan fingerprint density at radius 2 is 1.61 bits per heavy atom. The lowest BCUT2D eigenvalue weighted by Crippen LogP contribution is -2.58. The molecule has 0 N–H and O–H groups in total. The average Bonchev–Trinajstić information content (AvgIpc) is 3.62. The van der Waals surface area contributed by atoms with Crippen molar-refractivity contribution in [2.45, 2.75) is 74.4 Å². The normalized spacial score (nSPS) is 23.8. The van der Waals surface area contributed by atoms with E-state index in [4.69, 9.17) is 4.74 Å². The highest BCUT2D eigenvalue weighted by Gasteiger charge is 2.53. The first-order chi connectivity index (χ1) is 27.4. The minimum Gasteiger partial charge on any atom is -0.469 e. The van der Waals surface area contributed by atoms with Crippen molar-refractivity contribution < 1.29 is 27.1 Å². The van der Waals surface area contributed by atoms with Gasteiger partial charge in [-0.25, -0.2) is 12.8 Å². The van der Waals surface area contributed by atoms with E-state index >= 15 is 4.39 Å². The number of carbonyl (C=O) groups is 2. The lowest BCUT2D eigenvalue weighted by molar-refractivity contribution is -0.142. The minimum absolute atomic E-state index is 0.141. The first-order valence-corrected chi connectivity index (χ1v) is 23.1. The molecule has 4 saturated heterocycles. The van der Waals surface area contributed by atoms with Crippen LogP contribution in [0.5, 0.6) is 0 Å². The van der Waals surface area contributed by atoms with Gasteiger partial charge in [-0.15, -0.1) is 0 Å². The van der Waals surface area contributed by atoms with Crippen LogP contribution in [0.4, 0.5) is 10.1 Å². The smallest absolute Gasteiger partial charge is 0.305 e. The number of carbonyl (C=O) groups excluding carboxylic acids is 2. The van der Waals surface area contributed by atoms with E-state index in [1.807, 2.05) is 32.0 Å². The lowest BCUT2D eigenvalue weighted by Gasteiger charge is -2.54. The van der Waals surface area contributed by atoms with Gasteiger partial charge in [0.05, 0.1) is 12.0 Å². The molecule has 0 spiro atoms. The summed E-state index contributed by atoms with van der Waals surface area (Å²) in [6, 6.07) is 14.7. The number of hydrogen-bond acceptors (Lipinski definition) is 9. The second-order valence-corrected chi connectivity index (χ2v) is 19.8. The second kappa shape index (κ2) is 17.9. The third kappa shape index (κ3) is 8.85. The quantitative estimate of drug-likeness (QED) is 0.152. The van der Waals surface area contributed by atoms with E-state index in [-0.39, 0.29) is 42.1 Å². The molecular weight excluding hydrogens is 742 g/mol. The molecule has 12 heteroatoms. The fourth-order valence-electron chi connectivity index (χ4n) is 10.8. The summed E-state index contributed by atoms with van der Waals surface area (Å²) in [6.45, 7) is 18.6. The highest BCUT2D eigenvalue weighted by atomic mass is 32.2. The van der Waals surface area contributed by atoms with E-state index in [2.05, 4.69) is 32.2 Å². The van der Waals surface area contributed by atoms with Crippen molar-refractivity contribution in [2.75, 3.05) is 97.1 Å². The summed E-state index contributed by atoms with van der Waals surface area (Å²) in [5, 5.41) is -0.597. The number of ether oxygens (including phenoxy) is 1. The molecule has 7 rings (SSSR count). The van der Waals surface area contributed by atoms with Crippen molar-refractivity contribution in [1.29, 1.82) is 0 Å². The number of halogens is 1. The van der Waals surface area contributed by atoms with Gasteiger partial charge >= 0.3 is 5.97 Å². The molecule has 0 unspecified atom stereocenters. The molecule has 1 aliphatic carbocycles. The van der Waals surface area contributed by atoms with Gasteiger partial charge in [0.25, 0.3) is 5.91 Å². The number of esters is 1. The number of piperidine rings is 1. The van der Waals surface area contributed by atoms with Crippen LogP contribution >= 0.6 is 0 Å². The first-order valence-electron chi connectivity index (χ1n) is 21.5. The van der Waals surface area contributed by atoms with Crippen molar-refractivity contribution >= 4 is 27.4 Å². The van der Waals surface area contributed by atoms with Gasteiger partial charge in [-0.3, -0.25) is 14.5 Å². The van der Waals surface area contributed by atoms with E-state index in [0.29, 0.717) is 41.2 Å². The van der Waals surface area contributed by atoms with Gasteiger partial charge in [-0.1, -0.05) is 39.0 Å². The first kappa shape index (κ1) is 41.8. The molecule has 4 heterocycles. The number of anilines is 1. The molecule has 10 nitrogen and oxygen atoms in total. The van der Waals surface area contributed by atoms with Gasteiger partial charge in [-0.2, -0.15) is 0 Å². The summed E-state index contributed by atoms with van der Waals surface area (Å²) in [5.74, 6) is 0.992. The molecule has 0 aromatic heterocycles. The third-order valence-corrected chi connectivity index (χ3v) is 16.4. The summed E-state index contributed by atoms with van der Waals surface area (Å²) in [6.07, 6.45) is 6.91. The Balaban J connectivity index is 0.935. The fraction of sp³-hybridized carbons (Fsp3) is 0.644. The van der Waals surface area contributed by atoms with Crippen LogP contribution < -0.4 is 4.90 Å². The molecule has 57 heavy (non-hydrogen) atoms. The number of hydrogen-bond donors (Lipinski definition) is 0. The van der Waals surface area contributed by atoms with Crippen LogP contribution in [-0.4, -0.2) is 137 Å². The van der Waals surface area contributed by atoms with Crippen LogP contribution in [0.15, 0.2) is 65.6 Å². The largest absolute Gasteiger partial charge is 0.469 e. The fourth-order valence-corrected chi connectivity index (χ4v) is 12.4. The van der Waals surface area contributed by atoms with Gasteiger partial charge in [0, 0.05) is 74.8 Å². The maximum Gasteiger partial charge on any atom is 0.305 e. The summed E-state index contributed by atoms with van der Waals surface area (Å²) >= 11 is 0. The van der Waals surface area contributed by atoms with Crippen molar-refractivity contribution in [2.24, 2.45) is 23.7 Å². The topological polar surface area (TPSA) is 93.7 Å². The van der Waals surface area contributed by atoms with Crippen molar-refractivity contribution in [1.82, 2.24) is 19.6 Å². The summed E-state index contributed by atoms with van der Waals surface area (Å²) in [5.41, 5.74) is 2.43. The number of likely N-dealkylation sites (N-methyl/N-ethyl adjacent to an activating group) is 1. The molecule has 1 saturated carbocycles. The van der Waals surface area contributed by atoms with E-state index in [9.17, 15) is 18.0 Å². The number of rotatable bonds is 17. The van der Waals surface area contributed by atoms with E-state index < -0.39 is 15.1 Å². The summed E-state index contributed by atoms with van der Waals surface area (Å²) < 4.78 is 47.1. The van der Waals surface area contributed by atoms with Crippen molar-refractivity contribution in [3.63, 3.8) is 0 Å². The highest BCUT2D eigenvalue weighted by molar-refractivity contribution is 7.92. The standard InChI is InChI=1S/C45H64FN5O5S/c1-5-47(6-2)26-33(3)44(53)51-30-41(31-51)57(54,55)40-16-14-39(15-17-40)50-28-34(29-50)27-48-22-18-36(19-23-48)45(32-49-20-9-21-49,37-11-8-12-38(46)25-37)42-13-7-10-35(42)24-43(52)56-4/h8,11-12,14-17,25,34-36,41-42H,3,5-7,9-10,13,18-24,26-32H2,1-2,4H3/t35-,42+,45+/m1/s1. The Hall–Kier alpha value is -3.32. The van der Waals surface area contributed by atoms with Crippen LogP contribution in [-0.2, 0) is 29.6 Å². The molecule has 2 aromatic rings. The number of methoxy groups -OCH3 is 1. The Kier molecular flexibility index (Phi) is 13.1. The number of benzene rings is 2. The van der Waals surface area contributed by atoms with Crippen molar-refractivity contribution in [3.05, 3.63) is 72.1 Å². The van der Waals surface area contributed by atoms with E-state index in [1.54, 1.807) is 29.2 Å². The zero-order chi connectivity index (χ0) is 40.3. The summed E-state index contributed by atoms with van der Waals surface area (Å²) in [4.78, 5) is 37.0. The SMILES string of the molecule is C=C(CN(CC)CC)C(=O)N1CC(S(=O)(=O)c2ccc(N3CC(CN4CCC([C@@](CN5CCC5)(c5cccc(F)c5)[C@H]5CCC[C@@H]5CC(=O)OC)CC4)C3)cc2)C1. The number of nitrogens with zero attached hydrogens (tertiary/aromatic N) is 5. The minimum atomic E-state index is -3.54. The average molecular weight is 806 g/mol. The van der Waals surface area contributed by atoms with Crippen LogP contribution in [0.3, 0.4) is 0 Å². The van der Waals surface area contributed by atoms with Gasteiger partial charge in [0.2, 0.25) is 0 Å². The zero-order valence-corrected chi connectivity index (χ0v) is 35.2. The Bertz CT molecular complexity index is 1830. The number of sulfone groups is 1. The van der Waals surface area contributed by atoms with Gasteiger partial charge in [0.15, 0.2) is 9.84 Å². The molecule has 2 aromatic carbocycles. The predicted molar refractivity (Wildman–Crippen MR) is 222 cm³/mol. The molecule has 1 amide bonds. The van der Waals surface area contributed by atoms with Crippen LogP contribution in [0.1, 0.15) is 64.4 Å². The molecular formula is C45H64FN5O5S. The molecule has 5 fully saturated rings. The van der Waals surface area contributed by atoms with Crippen LogP contribution in [0.2, 0.25) is 0 Å². The zero-order valence-electron chi connectivity index (χ0n) is 34.4. The predicted octanol–water partition coefficient (Wildman–Crippen LogP) is 5.48. The monoisotopic (exact) mass is 805 g/mol. The molecule has 312 valence electrons. The summed E-state index contributed by atoms with van der Waals surface area (Å²) in [7, 11) is -2.06. The number of likely N-dealkylation sites (tertiary alicyclic amines) is 3. The van der Waals surface area contributed by atoms with Crippen molar-refractivity contribution in [3.8, 4) is 0 Å². The van der Waals surface area contributed by atoms with Gasteiger partial charge < -0.3 is 24.3 Å². The van der Waals surface area contributed by atoms with Gasteiger partial charge in [0.1, 0.15) is 11.1 Å². The Morgan fingerprint density at radius 3 is 2.23 bits per heavy atom. The highest BCUT2D eigenvalue weighted by Crippen LogP contribution is 2.54. The molecule has 5 aliphatic rings. The maximum atomic E-state index is 15.0. The molecule has 0 radical (unpaired) electrons. The van der Waals surface area contributed by atoms with Crippen LogP contribution in [0.25, 0.3) is 0 Å². The molecule has 4 aliphatic heterocycles. The lowest BCUT2D eigenvalue weighted by atomic mass is 9.56. The van der Waals surface area contributed by atoms with Crippen LogP contribution in [0, 0.1) is 29.5 Å². The maximum absolute atomic E-state index is 15.0. The molecule has 3 atom stereocenters. The Morgan fingerprint density at radius 1 is 0.912 bits per heavy atom. The van der Waals surface area contributed by atoms with E-state index in [1.165, 1.54) is 13.5 Å². The van der Waals surface area contributed by atoms with Gasteiger partial charge in [-0.05, 0) is 131 Å². The third-order valence-electron chi connectivity index (χ3n) is 14.3. The molecule has 0 bridgehead atoms. The number of amides is 1.